The van der Waals surface area contributed by atoms with Gasteiger partial charge in [0, 0.05) is 29.6 Å². The van der Waals surface area contributed by atoms with Gasteiger partial charge in [0.1, 0.15) is 17.5 Å². The van der Waals surface area contributed by atoms with Gasteiger partial charge in [-0.25, -0.2) is 4.98 Å². The van der Waals surface area contributed by atoms with Crippen molar-refractivity contribution in [3.63, 3.8) is 0 Å². The van der Waals surface area contributed by atoms with E-state index in [-0.39, 0.29) is 51.3 Å². The Kier molecular flexibility index (Phi) is 7.09. The predicted molar refractivity (Wildman–Crippen MR) is 139 cm³/mol. The minimum atomic E-state index is -4.58. The summed E-state index contributed by atoms with van der Waals surface area (Å²) < 4.78 is 63.4. The lowest BCUT2D eigenvalue weighted by atomic mass is 10.2. The number of hydrogen-bond donors (Lipinski definition) is 0. The van der Waals surface area contributed by atoms with Gasteiger partial charge in [-0.3, -0.25) is 0 Å². The molecule has 206 valence electrons. The molecule has 1 aliphatic heterocycles. The van der Waals surface area contributed by atoms with Gasteiger partial charge in [0.05, 0.1) is 33.8 Å². The standard InChI is InChI=1S/C26H16Cl3F3N4O4/c27-17-8-21(39-15-11-37-25(38-12-15)13-4-2-1-3-5-13)18(28)7-16(17)22-34-24(40-35-22)20-10-36-9-14(26(30,31)32)6-19(29)23(36)33-20/h1-10,15,25H,11-12H2. The van der Waals surface area contributed by atoms with Crippen LogP contribution in [0.15, 0.2) is 65.4 Å². The van der Waals surface area contributed by atoms with Crippen LogP contribution < -0.4 is 4.74 Å². The highest BCUT2D eigenvalue weighted by atomic mass is 35.5. The van der Waals surface area contributed by atoms with Gasteiger partial charge in [-0.05, 0) is 12.1 Å². The molecule has 40 heavy (non-hydrogen) atoms. The monoisotopic (exact) mass is 610 g/mol. The van der Waals surface area contributed by atoms with E-state index >= 15 is 0 Å². The molecule has 2 aromatic carbocycles. The lowest BCUT2D eigenvalue weighted by molar-refractivity contribution is -0.215. The number of ether oxygens (including phenoxy) is 3. The molecule has 6 rings (SSSR count). The first-order valence-corrected chi connectivity index (χ1v) is 12.8. The molecule has 0 spiro atoms. The summed E-state index contributed by atoms with van der Waals surface area (Å²) in [6.07, 6.45) is -3.31. The Morgan fingerprint density at radius 2 is 1.65 bits per heavy atom. The summed E-state index contributed by atoms with van der Waals surface area (Å²) in [6, 6.07) is 13.4. The quantitative estimate of drug-likeness (QED) is 0.203. The van der Waals surface area contributed by atoms with Gasteiger partial charge < -0.3 is 23.1 Å². The zero-order valence-electron chi connectivity index (χ0n) is 20.0. The van der Waals surface area contributed by atoms with Gasteiger partial charge in [-0.2, -0.15) is 18.2 Å². The molecule has 0 atom stereocenters. The Hall–Kier alpha value is -3.35. The van der Waals surface area contributed by atoms with Crippen molar-refractivity contribution >= 4 is 40.4 Å². The number of nitrogens with zero attached hydrogens (tertiary/aromatic N) is 4. The molecule has 4 heterocycles. The van der Waals surface area contributed by atoms with Gasteiger partial charge >= 0.3 is 6.18 Å². The van der Waals surface area contributed by atoms with Crippen molar-refractivity contribution < 1.29 is 31.9 Å². The van der Waals surface area contributed by atoms with Gasteiger partial charge in [0.15, 0.2) is 11.9 Å². The zero-order valence-corrected chi connectivity index (χ0v) is 22.3. The number of hydrogen-bond acceptors (Lipinski definition) is 7. The molecule has 0 aliphatic carbocycles. The van der Waals surface area contributed by atoms with Crippen molar-refractivity contribution in [3.05, 3.63) is 87.1 Å². The van der Waals surface area contributed by atoms with Crippen LogP contribution in [0, 0.1) is 0 Å². The summed E-state index contributed by atoms with van der Waals surface area (Å²) in [5.41, 5.74) is 0.538. The Bertz CT molecular complexity index is 1690. The fraction of sp³-hybridized carbons (Fsp3) is 0.192. The fourth-order valence-corrected chi connectivity index (χ4v) is 4.78. The smallest absolute Gasteiger partial charge is 0.417 e. The molecular formula is C26H16Cl3F3N4O4. The Balaban J connectivity index is 1.19. The summed E-state index contributed by atoms with van der Waals surface area (Å²) >= 11 is 19.0. The van der Waals surface area contributed by atoms with E-state index in [0.717, 1.165) is 22.2 Å². The van der Waals surface area contributed by atoms with Crippen molar-refractivity contribution in [2.24, 2.45) is 0 Å². The fourth-order valence-electron chi connectivity index (χ4n) is 4.08. The molecule has 0 amide bonds. The second-order valence-electron chi connectivity index (χ2n) is 8.77. The van der Waals surface area contributed by atoms with Crippen molar-refractivity contribution in [2.75, 3.05) is 13.2 Å². The number of pyridine rings is 1. The van der Waals surface area contributed by atoms with E-state index in [4.69, 9.17) is 53.5 Å². The van der Waals surface area contributed by atoms with E-state index in [0.29, 0.717) is 11.3 Å². The minimum Gasteiger partial charge on any atom is -0.484 e. The first kappa shape index (κ1) is 26.9. The third kappa shape index (κ3) is 5.35. The molecule has 3 aromatic heterocycles. The Morgan fingerprint density at radius 3 is 2.38 bits per heavy atom. The van der Waals surface area contributed by atoms with E-state index in [1.54, 1.807) is 0 Å². The molecule has 1 saturated heterocycles. The number of alkyl halides is 3. The van der Waals surface area contributed by atoms with Crippen LogP contribution in [0.2, 0.25) is 15.1 Å². The van der Waals surface area contributed by atoms with Crippen LogP contribution >= 0.6 is 34.8 Å². The third-order valence-corrected chi connectivity index (χ3v) is 6.86. The average Bonchev–Trinajstić information content (AvgIpc) is 3.59. The van der Waals surface area contributed by atoms with E-state index in [2.05, 4.69) is 15.1 Å². The van der Waals surface area contributed by atoms with Crippen LogP contribution in [-0.2, 0) is 15.7 Å². The normalized spacial score (nSPS) is 17.9. The summed E-state index contributed by atoms with van der Waals surface area (Å²) in [7, 11) is 0. The van der Waals surface area contributed by atoms with Crippen molar-refractivity contribution in [1.29, 1.82) is 0 Å². The molecular weight excluding hydrogens is 596 g/mol. The van der Waals surface area contributed by atoms with Crippen molar-refractivity contribution in [2.45, 2.75) is 18.6 Å². The molecule has 0 radical (unpaired) electrons. The van der Waals surface area contributed by atoms with Crippen LogP contribution in [0.4, 0.5) is 13.2 Å². The number of fused-ring (bicyclic) bond motifs is 1. The van der Waals surface area contributed by atoms with Gasteiger partial charge in [-0.1, -0.05) is 70.3 Å². The topological polar surface area (TPSA) is 83.9 Å². The number of halogens is 6. The van der Waals surface area contributed by atoms with Crippen LogP contribution in [-0.4, -0.2) is 38.8 Å². The largest absolute Gasteiger partial charge is 0.484 e. The number of rotatable bonds is 5. The molecule has 0 saturated carbocycles. The highest BCUT2D eigenvalue weighted by Crippen LogP contribution is 2.38. The molecule has 14 heteroatoms. The zero-order chi connectivity index (χ0) is 28.0. The van der Waals surface area contributed by atoms with E-state index in [1.807, 2.05) is 30.3 Å². The molecule has 0 unspecified atom stereocenters. The van der Waals surface area contributed by atoms with Gasteiger partial charge in [0.2, 0.25) is 5.82 Å². The van der Waals surface area contributed by atoms with Crippen LogP contribution in [0.1, 0.15) is 17.4 Å². The lowest BCUT2D eigenvalue weighted by Crippen LogP contribution is -2.35. The van der Waals surface area contributed by atoms with Crippen molar-refractivity contribution in [3.8, 4) is 28.7 Å². The number of imidazole rings is 1. The highest BCUT2D eigenvalue weighted by molar-refractivity contribution is 6.36. The van der Waals surface area contributed by atoms with E-state index < -0.39 is 24.1 Å². The molecule has 8 nitrogen and oxygen atoms in total. The number of benzene rings is 2. The van der Waals surface area contributed by atoms with Crippen LogP contribution in [0.25, 0.3) is 28.6 Å². The maximum absolute atomic E-state index is 13.1. The minimum absolute atomic E-state index is 0.0553. The summed E-state index contributed by atoms with van der Waals surface area (Å²) in [5.74, 6) is 0.341. The Morgan fingerprint density at radius 1 is 0.900 bits per heavy atom. The third-order valence-electron chi connectivity index (χ3n) is 5.97. The van der Waals surface area contributed by atoms with E-state index in [1.165, 1.54) is 18.3 Å². The summed E-state index contributed by atoms with van der Waals surface area (Å²) in [5, 5.41) is 4.19. The molecule has 0 bridgehead atoms. The van der Waals surface area contributed by atoms with Crippen LogP contribution in [0.3, 0.4) is 0 Å². The maximum Gasteiger partial charge on any atom is 0.417 e. The molecule has 1 aliphatic rings. The summed E-state index contributed by atoms with van der Waals surface area (Å²) in [4.78, 5) is 8.51. The SMILES string of the molecule is FC(F)(F)c1cc(Cl)c2nc(-c3nc(-c4cc(Cl)c(OC5COC(c6ccccc6)OC5)cc4Cl)no3)cn2c1. The Labute approximate surface area is 239 Å². The molecule has 0 N–H and O–H groups in total. The first-order chi connectivity index (χ1) is 19.2. The average molecular weight is 612 g/mol. The second-order valence-corrected chi connectivity index (χ2v) is 9.99. The van der Waals surface area contributed by atoms with Gasteiger partial charge in [-0.15, -0.1) is 0 Å². The highest BCUT2D eigenvalue weighted by Gasteiger charge is 2.32. The number of aromatic nitrogens is 4. The van der Waals surface area contributed by atoms with Gasteiger partial charge in [0.25, 0.3) is 5.89 Å². The summed E-state index contributed by atoms with van der Waals surface area (Å²) in [6.45, 7) is 0.550. The van der Waals surface area contributed by atoms with Crippen LogP contribution in [0.5, 0.6) is 5.75 Å². The predicted octanol–water partition coefficient (Wildman–Crippen LogP) is 7.52. The molecule has 1 fully saturated rings. The lowest BCUT2D eigenvalue weighted by Gasteiger charge is -2.30. The second kappa shape index (κ2) is 10.6. The molecule has 5 aromatic rings. The first-order valence-electron chi connectivity index (χ1n) is 11.7. The van der Waals surface area contributed by atoms with E-state index in [9.17, 15) is 13.2 Å². The van der Waals surface area contributed by atoms with Crippen molar-refractivity contribution in [1.82, 2.24) is 19.5 Å². The maximum atomic E-state index is 13.1.